The van der Waals surface area contributed by atoms with E-state index in [1.54, 1.807) is 19.1 Å². The molecule has 1 N–H and O–H groups in total. The van der Waals surface area contributed by atoms with E-state index in [0.717, 1.165) is 0 Å². The molecule has 178 valence electrons. The number of ether oxygens (including phenoxy) is 4. The van der Waals surface area contributed by atoms with Gasteiger partial charge < -0.3 is 24.3 Å². The number of ketones is 1. The predicted molar refractivity (Wildman–Crippen MR) is 126 cm³/mol. The maximum atomic E-state index is 12.9. The summed E-state index contributed by atoms with van der Waals surface area (Å²) in [6.45, 7) is 5.58. The Kier molecular flexibility index (Phi) is 9.74. The molecule has 9 nitrogen and oxygen atoms in total. The molecule has 0 fully saturated rings. The standard InChI is InChI=1S/C22H25Cl2N3O6/c1-6-32-14-9-15(23)20(18(11-14)33-7-2)25-22(29)19(12(3)28)26-27-21-16(24)8-13(30-4)10-17(21)31-5/h8-11,19H,6-7H2,1-5H3,(H,25,29). The number of hydrogen-bond acceptors (Lipinski definition) is 8. The third kappa shape index (κ3) is 6.72. The number of benzene rings is 2. The van der Waals surface area contributed by atoms with Gasteiger partial charge in [-0.25, -0.2) is 0 Å². The molecule has 1 amide bonds. The second-order valence-corrected chi connectivity index (χ2v) is 7.34. The van der Waals surface area contributed by atoms with Gasteiger partial charge >= 0.3 is 0 Å². The fraction of sp³-hybridized carbons (Fsp3) is 0.364. The quantitative estimate of drug-likeness (QED) is 0.324. The van der Waals surface area contributed by atoms with E-state index in [1.165, 1.54) is 33.3 Å². The van der Waals surface area contributed by atoms with Crippen molar-refractivity contribution in [3.05, 3.63) is 34.3 Å². The first-order chi connectivity index (χ1) is 15.7. The number of nitrogens with zero attached hydrogens (tertiary/aromatic N) is 2. The van der Waals surface area contributed by atoms with E-state index < -0.39 is 17.7 Å². The lowest BCUT2D eigenvalue weighted by atomic mass is 10.2. The fourth-order valence-electron chi connectivity index (χ4n) is 2.74. The molecule has 0 saturated carbocycles. The van der Waals surface area contributed by atoms with Crippen LogP contribution in [0, 0.1) is 0 Å². The van der Waals surface area contributed by atoms with Crippen LogP contribution in [-0.4, -0.2) is 45.2 Å². The van der Waals surface area contributed by atoms with E-state index >= 15 is 0 Å². The van der Waals surface area contributed by atoms with Crippen molar-refractivity contribution in [2.24, 2.45) is 10.2 Å². The maximum Gasteiger partial charge on any atom is 0.258 e. The van der Waals surface area contributed by atoms with Crippen LogP contribution in [0.25, 0.3) is 0 Å². The molecular formula is C22H25Cl2N3O6. The van der Waals surface area contributed by atoms with Crippen molar-refractivity contribution in [1.82, 2.24) is 0 Å². The second-order valence-electron chi connectivity index (χ2n) is 6.52. The summed E-state index contributed by atoms with van der Waals surface area (Å²) in [5, 5.41) is 10.9. The van der Waals surface area contributed by atoms with E-state index in [1.807, 2.05) is 6.92 Å². The maximum absolute atomic E-state index is 12.9. The van der Waals surface area contributed by atoms with Crippen LogP contribution in [0.2, 0.25) is 10.0 Å². The van der Waals surface area contributed by atoms with Crippen LogP contribution in [0.1, 0.15) is 20.8 Å². The van der Waals surface area contributed by atoms with Gasteiger partial charge in [0.2, 0.25) is 6.04 Å². The molecule has 0 radical (unpaired) electrons. The molecule has 0 aliphatic carbocycles. The second kappa shape index (κ2) is 12.3. The van der Waals surface area contributed by atoms with Crippen molar-refractivity contribution < 1.29 is 28.5 Å². The summed E-state index contributed by atoms with van der Waals surface area (Å²) in [4.78, 5) is 25.1. The normalized spacial score (nSPS) is 11.7. The van der Waals surface area contributed by atoms with Crippen molar-refractivity contribution in [2.45, 2.75) is 26.8 Å². The Labute approximate surface area is 202 Å². The number of amides is 1. The molecular weight excluding hydrogens is 473 g/mol. The van der Waals surface area contributed by atoms with E-state index in [0.29, 0.717) is 30.5 Å². The minimum atomic E-state index is -1.47. The Hall–Kier alpha value is -3.04. The van der Waals surface area contributed by atoms with Gasteiger partial charge in [-0.15, -0.1) is 5.11 Å². The van der Waals surface area contributed by atoms with Crippen molar-refractivity contribution in [2.75, 3.05) is 32.8 Å². The molecule has 1 unspecified atom stereocenters. The monoisotopic (exact) mass is 497 g/mol. The van der Waals surface area contributed by atoms with Crippen LogP contribution in [-0.2, 0) is 9.59 Å². The number of carbonyl (C=O) groups is 2. The van der Waals surface area contributed by atoms with Crippen LogP contribution >= 0.6 is 23.2 Å². The van der Waals surface area contributed by atoms with E-state index in [-0.39, 0.29) is 27.2 Å². The van der Waals surface area contributed by atoms with Gasteiger partial charge in [-0.3, -0.25) is 9.59 Å². The summed E-state index contributed by atoms with van der Waals surface area (Å²) in [5.41, 5.74) is 0.335. The Morgan fingerprint density at radius 3 is 2.15 bits per heavy atom. The number of Topliss-reactive ketones (excluding diaryl/α,β-unsaturated/α-hetero) is 1. The zero-order valence-corrected chi connectivity index (χ0v) is 20.4. The number of rotatable bonds is 11. The Balaban J connectivity index is 2.37. The molecule has 0 bridgehead atoms. The summed E-state index contributed by atoms with van der Waals surface area (Å²) in [7, 11) is 2.90. The molecule has 0 aliphatic heterocycles. The van der Waals surface area contributed by atoms with E-state index in [2.05, 4.69) is 15.5 Å². The van der Waals surface area contributed by atoms with Gasteiger partial charge in [-0.2, -0.15) is 5.11 Å². The predicted octanol–water partition coefficient (Wildman–Crippen LogP) is 5.49. The van der Waals surface area contributed by atoms with Gasteiger partial charge in [0.05, 0.1) is 37.5 Å². The van der Waals surface area contributed by atoms with Crippen molar-refractivity contribution in [1.29, 1.82) is 0 Å². The average molecular weight is 498 g/mol. The summed E-state index contributed by atoms with van der Waals surface area (Å²) >= 11 is 12.6. The molecule has 0 spiro atoms. The zero-order valence-electron chi connectivity index (χ0n) is 18.9. The lowest BCUT2D eigenvalue weighted by molar-refractivity contribution is -0.126. The van der Waals surface area contributed by atoms with Gasteiger partial charge in [-0.1, -0.05) is 23.2 Å². The molecule has 0 saturated heterocycles. The summed E-state index contributed by atoms with van der Waals surface area (Å²) in [6.07, 6.45) is 0. The number of nitrogens with one attached hydrogen (secondary N) is 1. The van der Waals surface area contributed by atoms with Gasteiger partial charge in [0, 0.05) is 24.3 Å². The summed E-state index contributed by atoms with van der Waals surface area (Å²) < 4.78 is 21.4. The minimum Gasteiger partial charge on any atom is -0.497 e. The van der Waals surface area contributed by atoms with E-state index in [9.17, 15) is 9.59 Å². The van der Waals surface area contributed by atoms with Gasteiger partial charge in [0.25, 0.3) is 5.91 Å². The summed E-state index contributed by atoms with van der Waals surface area (Å²) in [6, 6.07) is 4.73. The number of hydrogen-bond donors (Lipinski definition) is 1. The van der Waals surface area contributed by atoms with Crippen LogP contribution in [0.5, 0.6) is 23.0 Å². The first kappa shape index (κ1) is 26.2. The molecule has 2 aromatic rings. The molecule has 1 atom stereocenters. The van der Waals surface area contributed by atoms with E-state index in [4.69, 9.17) is 42.1 Å². The highest BCUT2D eigenvalue weighted by Gasteiger charge is 2.26. The molecule has 0 aromatic heterocycles. The highest BCUT2D eigenvalue weighted by Crippen LogP contribution is 2.40. The van der Waals surface area contributed by atoms with Crippen molar-refractivity contribution in [3.8, 4) is 23.0 Å². The average Bonchev–Trinajstić information content (AvgIpc) is 2.77. The molecule has 11 heteroatoms. The molecule has 33 heavy (non-hydrogen) atoms. The zero-order chi connectivity index (χ0) is 24.5. The van der Waals surface area contributed by atoms with Crippen LogP contribution in [0.4, 0.5) is 11.4 Å². The number of halogens is 2. The number of carbonyl (C=O) groups excluding carboxylic acids is 2. The first-order valence-electron chi connectivity index (χ1n) is 9.98. The third-order valence-corrected chi connectivity index (χ3v) is 4.84. The molecule has 0 heterocycles. The fourth-order valence-corrected chi connectivity index (χ4v) is 3.23. The Morgan fingerprint density at radius 1 is 0.939 bits per heavy atom. The highest BCUT2D eigenvalue weighted by molar-refractivity contribution is 6.34. The SMILES string of the molecule is CCOc1cc(Cl)c(NC(=O)C(N=Nc2c(Cl)cc(OC)cc2OC)C(C)=O)c(OCC)c1. The number of anilines is 1. The van der Waals surface area contributed by atoms with Crippen molar-refractivity contribution >= 4 is 46.3 Å². The lowest BCUT2D eigenvalue weighted by Gasteiger charge is -2.16. The molecule has 2 rings (SSSR count). The number of methoxy groups -OCH3 is 2. The minimum absolute atomic E-state index is 0.146. The van der Waals surface area contributed by atoms with Gasteiger partial charge in [0.15, 0.2) is 11.5 Å². The van der Waals surface area contributed by atoms with Crippen LogP contribution in [0.15, 0.2) is 34.5 Å². The topological polar surface area (TPSA) is 108 Å². The Bertz CT molecular complexity index is 1050. The first-order valence-corrected chi connectivity index (χ1v) is 10.7. The third-order valence-electron chi connectivity index (χ3n) is 4.25. The van der Waals surface area contributed by atoms with Crippen molar-refractivity contribution in [3.63, 3.8) is 0 Å². The van der Waals surface area contributed by atoms with Crippen LogP contribution < -0.4 is 24.3 Å². The smallest absolute Gasteiger partial charge is 0.258 e. The van der Waals surface area contributed by atoms with Crippen LogP contribution in [0.3, 0.4) is 0 Å². The highest BCUT2D eigenvalue weighted by atomic mass is 35.5. The largest absolute Gasteiger partial charge is 0.497 e. The number of azo groups is 1. The molecule has 0 aliphatic rings. The lowest BCUT2D eigenvalue weighted by Crippen LogP contribution is -2.32. The molecule has 2 aromatic carbocycles. The summed E-state index contributed by atoms with van der Waals surface area (Å²) in [5.74, 6) is 0.194. The Morgan fingerprint density at radius 2 is 1.58 bits per heavy atom. The van der Waals surface area contributed by atoms with Gasteiger partial charge in [-0.05, 0) is 20.8 Å². The van der Waals surface area contributed by atoms with Gasteiger partial charge in [0.1, 0.15) is 28.6 Å².